The first-order valence-electron chi connectivity index (χ1n) is 8.27. The Labute approximate surface area is 153 Å². The molecule has 9 heteroatoms. The maximum atomic E-state index is 14.3. The van der Waals surface area contributed by atoms with E-state index in [-0.39, 0.29) is 12.3 Å². The topological polar surface area (TPSA) is 90.0 Å². The highest BCUT2D eigenvalue weighted by molar-refractivity contribution is 5.92. The van der Waals surface area contributed by atoms with Gasteiger partial charge in [0, 0.05) is 29.5 Å². The van der Waals surface area contributed by atoms with Gasteiger partial charge in [0.1, 0.15) is 5.82 Å². The number of hydrogen-bond donors (Lipinski definition) is 1. The molecular formula is C18H16FN7O. The molecule has 0 spiro atoms. The molecule has 0 saturated heterocycles. The van der Waals surface area contributed by atoms with Crippen molar-refractivity contribution >= 4 is 17.4 Å². The number of carbonyl (C=O) groups is 1. The predicted octanol–water partition coefficient (Wildman–Crippen LogP) is 2.25. The fourth-order valence-electron chi connectivity index (χ4n) is 2.83. The second-order valence-electron chi connectivity index (χ2n) is 6.14. The van der Waals surface area contributed by atoms with Gasteiger partial charge >= 0.3 is 0 Å². The molecule has 1 aromatic carbocycles. The van der Waals surface area contributed by atoms with E-state index in [0.717, 1.165) is 11.4 Å². The van der Waals surface area contributed by atoms with Crippen molar-refractivity contribution in [1.29, 1.82) is 0 Å². The van der Waals surface area contributed by atoms with Crippen molar-refractivity contribution in [2.24, 2.45) is 0 Å². The number of nitrogens with one attached hydrogen (secondary N) is 1. The SMILES string of the molecule is Cc1cc(C)n2nc(CC(=O)Nc3ccc(-n4ccnc4)c(F)c3)nc2n1. The van der Waals surface area contributed by atoms with E-state index in [9.17, 15) is 9.18 Å². The van der Waals surface area contributed by atoms with Crippen molar-refractivity contribution in [2.75, 3.05) is 5.32 Å². The van der Waals surface area contributed by atoms with E-state index >= 15 is 0 Å². The lowest BCUT2D eigenvalue weighted by Gasteiger charge is -2.08. The largest absolute Gasteiger partial charge is 0.326 e. The molecule has 0 bridgehead atoms. The smallest absolute Gasteiger partial charge is 0.252 e. The molecular weight excluding hydrogens is 349 g/mol. The van der Waals surface area contributed by atoms with Gasteiger partial charge in [0.25, 0.3) is 5.78 Å². The minimum absolute atomic E-state index is 0.0350. The molecule has 4 aromatic rings. The van der Waals surface area contributed by atoms with Crippen LogP contribution in [0.1, 0.15) is 17.2 Å². The monoisotopic (exact) mass is 365 g/mol. The van der Waals surface area contributed by atoms with Crippen molar-refractivity contribution in [1.82, 2.24) is 29.1 Å². The summed E-state index contributed by atoms with van der Waals surface area (Å²) in [6, 6.07) is 6.35. The van der Waals surface area contributed by atoms with Crippen LogP contribution < -0.4 is 5.32 Å². The molecule has 136 valence electrons. The molecule has 0 aliphatic heterocycles. The maximum absolute atomic E-state index is 14.3. The highest BCUT2D eigenvalue weighted by Gasteiger charge is 2.13. The molecule has 4 rings (SSSR count). The lowest BCUT2D eigenvalue weighted by atomic mass is 10.2. The van der Waals surface area contributed by atoms with Crippen LogP contribution in [0.25, 0.3) is 11.5 Å². The molecule has 8 nitrogen and oxygen atoms in total. The highest BCUT2D eigenvalue weighted by Crippen LogP contribution is 2.18. The fraction of sp³-hybridized carbons (Fsp3) is 0.167. The van der Waals surface area contributed by atoms with E-state index in [4.69, 9.17) is 0 Å². The van der Waals surface area contributed by atoms with Gasteiger partial charge < -0.3 is 9.88 Å². The summed E-state index contributed by atoms with van der Waals surface area (Å²) in [5.74, 6) is -0.00254. The number of aromatic nitrogens is 6. The third-order valence-corrected chi connectivity index (χ3v) is 3.99. The summed E-state index contributed by atoms with van der Waals surface area (Å²) in [5.41, 5.74) is 2.42. The first-order valence-corrected chi connectivity index (χ1v) is 8.27. The van der Waals surface area contributed by atoms with Gasteiger partial charge in [-0.25, -0.2) is 18.9 Å². The minimum Gasteiger partial charge on any atom is -0.326 e. The molecule has 0 atom stereocenters. The van der Waals surface area contributed by atoms with Crippen LogP contribution in [-0.4, -0.2) is 35.0 Å². The van der Waals surface area contributed by atoms with Crippen LogP contribution in [0, 0.1) is 19.7 Å². The standard InChI is InChI=1S/C18H16FN7O/c1-11-7-12(2)26-18(21-11)23-16(24-26)9-17(27)22-13-3-4-15(14(19)8-13)25-6-5-20-10-25/h3-8,10H,9H2,1-2H3,(H,22,27). The second-order valence-corrected chi connectivity index (χ2v) is 6.14. The average molecular weight is 365 g/mol. The molecule has 0 aliphatic carbocycles. The van der Waals surface area contributed by atoms with Crippen LogP contribution in [0.4, 0.5) is 10.1 Å². The Morgan fingerprint density at radius 1 is 1.22 bits per heavy atom. The number of halogens is 1. The van der Waals surface area contributed by atoms with Crippen molar-refractivity contribution < 1.29 is 9.18 Å². The Bertz CT molecular complexity index is 1130. The average Bonchev–Trinajstić information content (AvgIpc) is 3.24. The summed E-state index contributed by atoms with van der Waals surface area (Å²) in [6.07, 6.45) is 4.68. The van der Waals surface area contributed by atoms with Crippen molar-refractivity contribution in [3.8, 4) is 5.69 Å². The van der Waals surface area contributed by atoms with Crippen LogP contribution in [0.5, 0.6) is 0 Å². The number of aryl methyl sites for hydroxylation is 2. The number of fused-ring (bicyclic) bond motifs is 1. The van der Waals surface area contributed by atoms with E-state index in [1.807, 2.05) is 19.9 Å². The van der Waals surface area contributed by atoms with Gasteiger partial charge in [-0.2, -0.15) is 4.98 Å². The second kappa shape index (κ2) is 6.60. The zero-order valence-electron chi connectivity index (χ0n) is 14.7. The molecule has 0 aliphatic rings. The van der Waals surface area contributed by atoms with Crippen LogP contribution in [0.3, 0.4) is 0 Å². The highest BCUT2D eigenvalue weighted by atomic mass is 19.1. The maximum Gasteiger partial charge on any atom is 0.252 e. The number of anilines is 1. The fourth-order valence-corrected chi connectivity index (χ4v) is 2.83. The Kier molecular flexibility index (Phi) is 4.11. The number of imidazole rings is 1. The number of hydrogen-bond acceptors (Lipinski definition) is 5. The molecule has 3 aromatic heterocycles. The van der Waals surface area contributed by atoms with E-state index < -0.39 is 5.82 Å². The van der Waals surface area contributed by atoms with Crippen molar-refractivity contribution in [3.63, 3.8) is 0 Å². The minimum atomic E-state index is -0.466. The first-order chi connectivity index (χ1) is 13.0. The van der Waals surface area contributed by atoms with Crippen molar-refractivity contribution in [2.45, 2.75) is 20.3 Å². The zero-order chi connectivity index (χ0) is 19.0. The summed E-state index contributed by atoms with van der Waals surface area (Å²) >= 11 is 0. The van der Waals surface area contributed by atoms with Crippen molar-refractivity contribution in [3.05, 3.63) is 66.0 Å². The number of rotatable bonds is 4. The normalized spacial score (nSPS) is 11.1. The lowest BCUT2D eigenvalue weighted by Crippen LogP contribution is -2.15. The first kappa shape index (κ1) is 16.8. The van der Waals surface area contributed by atoms with E-state index in [1.54, 1.807) is 33.6 Å². The Balaban J connectivity index is 1.50. The summed E-state index contributed by atoms with van der Waals surface area (Å²) in [4.78, 5) is 24.7. The predicted molar refractivity (Wildman–Crippen MR) is 96.1 cm³/mol. The summed E-state index contributed by atoms with van der Waals surface area (Å²) in [7, 11) is 0. The van der Waals surface area contributed by atoms with E-state index in [0.29, 0.717) is 23.0 Å². The van der Waals surface area contributed by atoms with Crippen LogP contribution in [0.15, 0.2) is 43.0 Å². The third kappa shape index (κ3) is 3.39. The van der Waals surface area contributed by atoms with E-state index in [1.165, 1.54) is 12.4 Å². The van der Waals surface area contributed by atoms with Crippen LogP contribution >= 0.6 is 0 Å². The number of amides is 1. The Hall–Kier alpha value is -3.62. The van der Waals surface area contributed by atoms with Gasteiger partial charge in [0.05, 0.1) is 18.4 Å². The Morgan fingerprint density at radius 3 is 2.81 bits per heavy atom. The molecule has 1 N–H and O–H groups in total. The van der Waals surface area contributed by atoms with Gasteiger partial charge in [0.15, 0.2) is 5.82 Å². The number of benzene rings is 1. The quantitative estimate of drug-likeness (QED) is 0.599. The van der Waals surface area contributed by atoms with Crippen LogP contribution in [0.2, 0.25) is 0 Å². The van der Waals surface area contributed by atoms with Gasteiger partial charge in [0.2, 0.25) is 5.91 Å². The van der Waals surface area contributed by atoms with Gasteiger partial charge in [-0.1, -0.05) is 0 Å². The third-order valence-electron chi connectivity index (χ3n) is 3.99. The molecule has 1 amide bonds. The zero-order valence-corrected chi connectivity index (χ0v) is 14.7. The van der Waals surface area contributed by atoms with Gasteiger partial charge in [-0.05, 0) is 38.1 Å². The molecule has 3 heterocycles. The molecule has 0 unspecified atom stereocenters. The number of carbonyl (C=O) groups excluding carboxylic acids is 1. The molecule has 27 heavy (non-hydrogen) atoms. The number of nitrogens with zero attached hydrogens (tertiary/aromatic N) is 6. The van der Waals surface area contributed by atoms with Gasteiger partial charge in [-0.15, -0.1) is 5.10 Å². The molecule has 0 saturated carbocycles. The van der Waals surface area contributed by atoms with E-state index in [2.05, 4.69) is 25.4 Å². The van der Waals surface area contributed by atoms with Crippen LogP contribution in [-0.2, 0) is 11.2 Å². The summed E-state index contributed by atoms with van der Waals surface area (Å²) < 4.78 is 17.4. The summed E-state index contributed by atoms with van der Waals surface area (Å²) in [5, 5.41) is 6.96. The Morgan fingerprint density at radius 2 is 2.07 bits per heavy atom. The molecule has 0 fully saturated rings. The summed E-state index contributed by atoms with van der Waals surface area (Å²) in [6.45, 7) is 3.76. The lowest BCUT2D eigenvalue weighted by molar-refractivity contribution is -0.115. The van der Waals surface area contributed by atoms with Gasteiger partial charge in [-0.3, -0.25) is 4.79 Å². The molecule has 0 radical (unpaired) electrons.